The van der Waals surface area contributed by atoms with Crippen LogP contribution in [0.3, 0.4) is 0 Å². The van der Waals surface area contributed by atoms with Crippen LogP contribution in [0.15, 0.2) is 48.5 Å². The number of likely N-dealkylation sites (tertiary alicyclic amines) is 1. The summed E-state index contributed by atoms with van der Waals surface area (Å²) in [6.07, 6.45) is 2.18. The van der Waals surface area contributed by atoms with Gasteiger partial charge in [-0.3, -0.25) is 4.90 Å². The first kappa shape index (κ1) is 14.4. The number of benzene rings is 2. The predicted molar refractivity (Wildman–Crippen MR) is 89.7 cm³/mol. The Kier molecular flexibility index (Phi) is 3.83. The van der Waals surface area contributed by atoms with Crippen molar-refractivity contribution in [3.05, 3.63) is 65.7 Å². The van der Waals surface area contributed by atoms with Crippen LogP contribution in [0.5, 0.6) is 0 Å². The summed E-state index contributed by atoms with van der Waals surface area (Å²) >= 11 is 0. The molecule has 1 aromatic heterocycles. The van der Waals surface area contributed by atoms with E-state index in [4.69, 9.17) is 0 Å². The molecule has 3 aromatic rings. The molecule has 0 unspecified atom stereocenters. The standard InChI is InChI=1S/C19H20FN3/c20-16-6-7-17-18(12-16)22-19(21-17)15-8-10-23(11-9-15)13-14-4-2-1-3-5-14/h1-7,12,15H,8-11,13H2,(H,21,22). The Balaban J connectivity index is 1.42. The highest BCUT2D eigenvalue weighted by atomic mass is 19.1. The molecule has 118 valence electrons. The fourth-order valence-electron chi connectivity index (χ4n) is 3.40. The third-order valence-corrected chi connectivity index (χ3v) is 4.69. The Morgan fingerprint density at radius 2 is 1.87 bits per heavy atom. The molecule has 0 atom stereocenters. The molecular formula is C19H20FN3. The van der Waals surface area contributed by atoms with Crippen LogP contribution in [0.25, 0.3) is 11.0 Å². The summed E-state index contributed by atoms with van der Waals surface area (Å²) in [5.74, 6) is 1.23. The second-order valence-electron chi connectivity index (χ2n) is 6.32. The third kappa shape index (κ3) is 3.13. The van der Waals surface area contributed by atoms with E-state index < -0.39 is 0 Å². The maximum Gasteiger partial charge on any atom is 0.125 e. The number of hydrogen-bond donors (Lipinski definition) is 1. The topological polar surface area (TPSA) is 31.9 Å². The largest absolute Gasteiger partial charge is 0.342 e. The van der Waals surface area contributed by atoms with Crippen molar-refractivity contribution in [1.29, 1.82) is 0 Å². The number of halogens is 1. The summed E-state index contributed by atoms with van der Waals surface area (Å²) < 4.78 is 13.3. The van der Waals surface area contributed by atoms with E-state index in [1.807, 2.05) is 0 Å². The first-order valence-corrected chi connectivity index (χ1v) is 8.19. The lowest BCUT2D eigenvalue weighted by Gasteiger charge is -2.31. The number of aromatic nitrogens is 2. The zero-order valence-corrected chi connectivity index (χ0v) is 13.0. The van der Waals surface area contributed by atoms with Crippen LogP contribution >= 0.6 is 0 Å². The summed E-state index contributed by atoms with van der Waals surface area (Å²) in [6, 6.07) is 15.3. The molecule has 23 heavy (non-hydrogen) atoms. The Morgan fingerprint density at radius 1 is 1.09 bits per heavy atom. The number of rotatable bonds is 3. The maximum atomic E-state index is 13.3. The van der Waals surface area contributed by atoms with E-state index >= 15 is 0 Å². The lowest BCUT2D eigenvalue weighted by molar-refractivity contribution is 0.202. The third-order valence-electron chi connectivity index (χ3n) is 4.69. The SMILES string of the molecule is Fc1ccc2nc(C3CCN(Cc4ccccc4)CC3)[nH]c2c1. The van der Waals surface area contributed by atoms with Crippen LogP contribution < -0.4 is 0 Å². The monoisotopic (exact) mass is 309 g/mol. The summed E-state index contributed by atoms with van der Waals surface area (Å²) in [5.41, 5.74) is 3.02. The molecule has 4 rings (SSSR count). The van der Waals surface area contributed by atoms with Gasteiger partial charge >= 0.3 is 0 Å². The van der Waals surface area contributed by atoms with Gasteiger partial charge in [-0.15, -0.1) is 0 Å². The fourth-order valence-corrected chi connectivity index (χ4v) is 3.40. The zero-order valence-electron chi connectivity index (χ0n) is 13.0. The number of aromatic amines is 1. The van der Waals surface area contributed by atoms with E-state index in [9.17, 15) is 4.39 Å². The number of imidazole rings is 1. The molecule has 1 N–H and O–H groups in total. The Labute approximate surface area is 135 Å². The van der Waals surface area contributed by atoms with Gasteiger partial charge in [-0.05, 0) is 49.7 Å². The molecule has 0 bridgehead atoms. The number of piperidine rings is 1. The normalized spacial score (nSPS) is 16.9. The van der Waals surface area contributed by atoms with Gasteiger partial charge in [0.05, 0.1) is 11.0 Å². The Hall–Kier alpha value is -2.20. The van der Waals surface area contributed by atoms with Gasteiger partial charge in [0.25, 0.3) is 0 Å². The summed E-state index contributed by atoms with van der Waals surface area (Å²) in [5, 5.41) is 0. The highest BCUT2D eigenvalue weighted by Crippen LogP contribution is 2.28. The average Bonchev–Trinajstić information content (AvgIpc) is 2.99. The highest BCUT2D eigenvalue weighted by Gasteiger charge is 2.23. The van der Waals surface area contributed by atoms with Crippen molar-refractivity contribution < 1.29 is 4.39 Å². The molecule has 3 nitrogen and oxygen atoms in total. The second-order valence-corrected chi connectivity index (χ2v) is 6.32. The molecule has 0 spiro atoms. The fraction of sp³-hybridized carbons (Fsp3) is 0.316. The summed E-state index contributed by atoms with van der Waals surface area (Å²) in [4.78, 5) is 10.4. The Morgan fingerprint density at radius 3 is 2.65 bits per heavy atom. The molecule has 1 aliphatic rings. The molecule has 0 saturated carbocycles. The minimum absolute atomic E-state index is 0.217. The molecule has 2 heterocycles. The first-order valence-electron chi connectivity index (χ1n) is 8.19. The molecule has 2 aromatic carbocycles. The van der Waals surface area contributed by atoms with Crippen LogP contribution in [0.2, 0.25) is 0 Å². The lowest BCUT2D eigenvalue weighted by Crippen LogP contribution is -2.32. The van der Waals surface area contributed by atoms with Gasteiger partial charge in [-0.25, -0.2) is 9.37 Å². The van der Waals surface area contributed by atoms with Crippen LogP contribution in [-0.4, -0.2) is 28.0 Å². The van der Waals surface area contributed by atoms with Gasteiger partial charge in [0.2, 0.25) is 0 Å². The number of hydrogen-bond acceptors (Lipinski definition) is 2. The van der Waals surface area contributed by atoms with Crippen molar-refractivity contribution in [1.82, 2.24) is 14.9 Å². The predicted octanol–water partition coefficient (Wildman–Crippen LogP) is 4.08. The van der Waals surface area contributed by atoms with E-state index in [2.05, 4.69) is 45.2 Å². The number of H-pyrrole nitrogens is 1. The highest BCUT2D eigenvalue weighted by molar-refractivity contribution is 5.75. The van der Waals surface area contributed by atoms with Crippen molar-refractivity contribution >= 4 is 11.0 Å². The second kappa shape index (κ2) is 6.13. The van der Waals surface area contributed by atoms with Crippen molar-refractivity contribution in [2.75, 3.05) is 13.1 Å². The van der Waals surface area contributed by atoms with Gasteiger partial charge in [0, 0.05) is 12.5 Å². The van der Waals surface area contributed by atoms with Crippen LogP contribution in [0, 0.1) is 5.82 Å². The van der Waals surface area contributed by atoms with E-state index in [0.29, 0.717) is 5.92 Å². The molecule has 1 aliphatic heterocycles. The molecule has 1 saturated heterocycles. The van der Waals surface area contributed by atoms with Gasteiger partial charge in [-0.1, -0.05) is 30.3 Å². The van der Waals surface area contributed by atoms with Gasteiger partial charge < -0.3 is 4.98 Å². The molecule has 0 radical (unpaired) electrons. The molecule has 0 amide bonds. The van der Waals surface area contributed by atoms with Crippen molar-refractivity contribution in [2.24, 2.45) is 0 Å². The van der Waals surface area contributed by atoms with Crippen molar-refractivity contribution in [3.63, 3.8) is 0 Å². The van der Waals surface area contributed by atoms with E-state index in [-0.39, 0.29) is 5.82 Å². The quantitative estimate of drug-likeness (QED) is 0.790. The average molecular weight is 309 g/mol. The number of nitrogens with zero attached hydrogens (tertiary/aromatic N) is 2. The minimum Gasteiger partial charge on any atom is -0.342 e. The first-order chi connectivity index (χ1) is 11.3. The van der Waals surface area contributed by atoms with Crippen LogP contribution in [0.4, 0.5) is 4.39 Å². The van der Waals surface area contributed by atoms with Gasteiger partial charge in [0.1, 0.15) is 11.6 Å². The van der Waals surface area contributed by atoms with Gasteiger partial charge in [-0.2, -0.15) is 0 Å². The number of nitrogens with one attached hydrogen (secondary N) is 1. The van der Waals surface area contributed by atoms with E-state index in [0.717, 1.165) is 49.3 Å². The minimum atomic E-state index is -0.217. The molecular weight excluding hydrogens is 289 g/mol. The van der Waals surface area contributed by atoms with E-state index in [1.54, 1.807) is 6.07 Å². The van der Waals surface area contributed by atoms with Crippen LogP contribution in [-0.2, 0) is 6.54 Å². The molecule has 1 fully saturated rings. The molecule has 4 heteroatoms. The van der Waals surface area contributed by atoms with Crippen molar-refractivity contribution in [2.45, 2.75) is 25.3 Å². The maximum absolute atomic E-state index is 13.3. The smallest absolute Gasteiger partial charge is 0.125 e. The summed E-state index contributed by atoms with van der Waals surface area (Å²) in [7, 11) is 0. The van der Waals surface area contributed by atoms with Gasteiger partial charge in [0.15, 0.2) is 0 Å². The van der Waals surface area contributed by atoms with E-state index in [1.165, 1.54) is 17.7 Å². The summed E-state index contributed by atoms with van der Waals surface area (Å²) in [6.45, 7) is 3.16. The lowest BCUT2D eigenvalue weighted by atomic mass is 9.96. The number of fused-ring (bicyclic) bond motifs is 1. The zero-order chi connectivity index (χ0) is 15.6. The Bertz CT molecular complexity index is 789. The van der Waals surface area contributed by atoms with Crippen molar-refractivity contribution in [3.8, 4) is 0 Å². The van der Waals surface area contributed by atoms with Crippen LogP contribution in [0.1, 0.15) is 30.1 Å². The molecule has 0 aliphatic carbocycles.